The van der Waals surface area contributed by atoms with Gasteiger partial charge in [0.2, 0.25) is 0 Å². The lowest BCUT2D eigenvalue weighted by molar-refractivity contribution is 0.0696. The molecule has 0 heterocycles. The van der Waals surface area contributed by atoms with E-state index in [-0.39, 0.29) is 11.5 Å². The van der Waals surface area contributed by atoms with Gasteiger partial charge in [-0.2, -0.15) is 0 Å². The molecule has 1 atom stereocenters. The van der Waals surface area contributed by atoms with Gasteiger partial charge < -0.3 is 15.5 Å². The van der Waals surface area contributed by atoms with Crippen molar-refractivity contribution >= 4 is 22.6 Å². The van der Waals surface area contributed by atoms with Crippen LogP contribution in [-0.4, -0.2) is 22.1 Å². The number of fused-ring (bicyclic) bond motifs is 1. The molecule has 5 heteroatoms. The normalized spacial score (nSPS) is 11.8. The molecular formula is C27H23NO4. The zero-order chi connectivity index (χ0) is 22.7. The predicted molar refractivity (Wildman–Crippen MR) is 124 cm³/mol. The molecule has 0 aliphatic heterocycles. The SMILES string of the molecule is Cc1ccc(CNC(=O)c2ccc3ccc(C(O)c4ccc(C(=O)O)cc4)cc3c2)cc1. The number of rotatable bonds is 6. The van der Waals surface area contributed by atoms with Crippen LogP contribution in [0.4, 0.5) is 0 Å². The molecule has 0 spiro atoms. The van der Waals surface area contributed by atoms with Gasteiger partial charge in [-0.15, -0.1) is 0 Å². The van der Waals surface area contributed by atoms with Crippen LogP contribution in [-0.2, 0) is 6.54 Å². The summed E-state index contributed by atoms with van der Waals surface area (Å²) < 4.78 is 0. The van der Waals surface area contributed by atoms with E-state index >= 15 is 0 Å². The van der Waals surface area contributed by atoms with Crippen molar-refractivity contribution in [2.24, 2.45) is 0 Å². The first-order valence-electron chi connectivity index (χ1n) is 10.3. The minimum Gasteiger partial charge on any atom is -0.478 e. The number of carbonyl (C=O) groups excluding carboxylic acids is 1. The molecule has 1 amide bonds. The van der Waals surface area contributed by atoms with E-state index in [0.29, 0.717) is 23.2 Å². The van der Waals surface area contributed by atoms with Crippen LogP contribution in [0.3, 0.4) is 0 Å². The van der Waals surface area contributed by atoms with Crippen LogP contribution < -0.4 is 5.32 Å². The second kappa shape index (κ2) is 9.04. The number of hydrogen-bond acceptors (Lipinski definition) is 3. The summed E-state index contributed by atoms with van der Waals surface area (Å²) >= 11 is 0. The number of aromatic carboxylic acids is 1. The summed E-state index contributed by atoms with van der Waals surface area (Å²) in [6.07, 6.45) is -0.902. The average molecular weight is 425 g/mol. The van der Waals surface area contributed by atoms with Crippen molar-refractivity contribution in [1.82, 2.24) is 5.32 Å². The average Bonchev–Trinajstić information content (AvgIpc) is 2.82. The second-order valence-corrected chi connectivity index (χ2v) is 7.82. The molecule has 1 unspecified atom stereocenters. The maximum absolute atomic E-state index is 12.6. The summed E-state index contributed by atoms with van der Waals surface area (Å²) in [6, 6.07) is 25.2. The zero-order valence-electron chi connectivity index (χ0n) is 17.6. The van der Waals surface area contributed by atoms with E-state index in [4.69, 9.17) is 5.11 Å². The highest BCUT2D eigenvalue weighted by Gasteiger charge is 2.13. The molecule has 0 bridgehead atoms. The van der Waals surface area contributed by atoms with Crippen molar-refractivity contribution in [2.75, 3.05) is 0 Å². The number of aryl methyl sites for hydroxylation is 1. The molecule has 4 aromatic rings. The van der Waals surface area contributed by atoms with E-state index in [1.807, 2.05) is 61.5 Å². The Morgan fingerprint density at radius 3 is 2.09 bits per heavy atom. The van der Waals surface area contributed by atoms with E-state index in [1.54, 1.807) is 18.2 Å². The van der Waals surface area contributed by atoms with Gasteiger partial charge in [0.1, 0.15) is 6.10 Å². The molecule has 0 saturated heterocycles. The maximum Gasteiger partial charge on any atom is 0.335 e. The highest BCUT2D eigenvalue weighted by molar-refractivity contribution is 5.98. The van der Waals surface area contributed by atoms with Crippen LogP contribution in [0.5, 0.6) is 0 Å². The fraction of sp³-hybridized carbons (Fsp3) is 0.111. The third-order valence-corrected chi connectivity index (χ3v) is 5.49. The standard InChI is InChI=1S/C27H23NO4/c1-17-2-4-18(5-3-17)16-28-26(30)23-13-7-19-6-12-22(14-24(19)15-23)25(29)20-8-10-21(11-9-20)27(31)32/h2-15,25,29H,16H2,1H3,(H,28,30)(H,31,32). The topological polar surface area (TPSA) is 86.6 Å². The summed E-state index contributed by atoms with van der Waals surface area (Å²) in [7, 11) is 0. The summed E-state index contributed by atoms with van der Waals surface area (Å²) in [4.78, 5) is 23.7. The van der Waals surface area contributed by atoms with Crippen molar-refractivity contribution < 1.29 is 19.8 Å². The molecule has 0 aromatic heterocycles. The highest BCUT2D eigenvalue weighted by atomic mass is 16.4. The summed E-state index contributed by atoms with van der Waals surface area (Å²) in [5.41, 5.74) is 4.18. The molecule has 0 radical (unpaired) electrons. The molecule has 4 rings (SSSR count). The Morgan fingerprint density at radius 1 is 0.781 bits per heavy atom. The van der Waals surface area contributed by atoms with Gasteiger partial charge in [-0.25, -0.2) is 4.79 Å². The number of aliphatic hydroxyl groups excluding tert-OH is 1. The minimum atomic E-state index is -1.01. The van der Waals surface area contributed by atoms with E-state index in [0.717, 1.165) is 16.3 Å². The van der Waals surface area contributed by atoms with Gasteiger partial charge >= 0.3 is 5.97 Å². The summed E-state index contributed by atoms with van der Waals surface area (Å²) in [5.74, 6) is -1.17. The van der Waals surface area contributed by atoms with Crippen LogP contribution in [0.2, 0.25) is 0 Å². The van der Waals surface area contributed by atoms with Crippen molar-refractivity contribution in [2.45, 2.75) is 19.6 Å². The molecule has 0 aliphatic carbocycles. The Hall–Kier alpha value is -3.96. The smallest absolute Gasteiger partial charge is 0.335 e. The number of carboxylic acid groups (broad SMARTS) is 1. The molecule has 0 saturated carbocycles. The van der Waals surface area contributed by atoms with Crippen LogP contribution in [0.15, 0.2) is 84.9 Å². The van der Waals surface area contributed by atoms with Crippen LogP contribution >= 0.6 is 0 Å². The fourth-order valence-electron chi connectivity index (χ4n) is 3.57. The van der Waals surface area contributed by atoms with Gasteiger partial charge in [0.05, 0.1) is 5.56 Å². The summed E-state index contributed by atoms with van der Waals surface area (Å²) in [5, 5.41) is 24.5. The molecule has 32 heavy (non-hydrogen) atoms. The molecule has 5 nitrogen and oxygen atoms in total. The predicted octanol–water partition coefficient (Wildman–Crippen LogP) is 4.86. The largest absolute Gasteiger partial charge is 0.478 e. The number of benzene rings is 4. The number of nitrogens with one attached hydrogen (secondary N) is 1. The molecule has 0 aliphatic rings. The zero-order valence-corrected chi connectivity index (χ0v) is 17.6. The monoisotopic (exact) mass is 425 g/mol. The third-order valence-electron chi connectivity index (χ3n) is 5.49. The Morgan fingerprint density at radius 2 is 1.41 bits per heavy atom. The first kappa shape index (κ1) is 21.3. The lowest BCUT2D eigenvalue weighted by Crippen LogP contribution is -2.22. The minimum absolute atomic E-state index is 0.164. The molecule has 3 N–H and O–H groups in total. The third kappa shape index (κ3) is 4.68. The van der Waals surface area contributed by atoms with Gasteiger partial charge in [0, 0.05) is 12.1 Å². The lowest BCUT2D eigenvalue weighted by Gasteiger charge is -2.13. The van der Waals surface area contributed by atoms with Crippen LogP contribution in [0.25, 0.3) is 10.8 Å². The number of aliphatic hydroxyl groups is 1. The van der Waals surface area contributed by atoms with E-state index < -0.39 is 12.1 Å². The molecule has 4 aromatic carbocycles. The second-order valence-electron chi connectivity index (χ2n) is 7.82. The summed E-state index contributed by atoms with van der Waals surface area (Å²) in [6.45, 7) is 2.47. The number of carbonyl (C=O) groups is 2. The lowest BCUT2D eigenvalue weighted by atomic mass is 9.97. The first-order valence-corrected chi connectivity index (χ1v) is 10.3. The van der Waals surface area contributed by atoms with Crippen molar-refractivity contribution in [3.05, 3.63) is 118 Å². The molecule has 160 valence electrons. The van der Waals surface area contributed by atoms with Crippen LogP contribution in [0, 0.1) is 6.92 Å². The fourth-order valence-corrected chi connectivity index (χ4v) is 3.57. The Labute approximate surface area is 186 Å². The van der Waals surface area contributed by atoms with Gasteiger partial charge in [-0.1, -0.05) is 60.2 Å². The van der Waals surface area contributed by atoms with Gasteiger partial charge in [-0.05, 0) is 64.7 Å². The van der Waals surface area contributed by atoms with E-state index in [9.17, 15) is 14.7 Å². The van der Waals surface area contributed by atoms with Crippen molar-refractivity contribution in [3.63, 3.8) is 0 Å². The van der Waals surface area contributed by atoms with Crippen LogP contribution in [0.1, 0.15) is 49.1 Å². The maximum atomic E-state index is 12.6. The molecule has 0 fully saturated rings. The van der Waals surface area contributed by atoms with E-state index in [1.165, 1.54) is 17.7 Å². The first-order chi connectivity index (χ1) is 15.4. The number of amides is 1. The Balaban J connectivity index is 1.53. The number of hydrogen-bond donors (Lipinski definition) is 3. The molecular weight excluding hydrogens is 402 g/mol. The quantitative estimate of drug-likeness (QED) is 0.412. The van der Waals surface area contributed by atoms with Crippen molar-refractivity contribution in [1.29, 1.82) is 0 Å². The number of carboxylic acids is 1. The van der Waals surface area contributed by atoms with Gasteiger partial charge in [0.15, 0.2) is 0 Å². The van der Waals surface area contributed by atoms with Crippen molar-refractivity contribution in [3.8, 4) is 0 Å². The Bertz CT molecular complexity index is 1280. The van der Waals surface area contributed by atoms with Gasteiger partial charge in [0.25, 0.3) is 5.91 Å². The Kier molecular flexibility index (Phi) is 6.01. The van der Waals surface area contributed by atoms with E-state index in [2.05, 4.69) is 5.32 Å². The highest BCUT2D eigenvalue weighted by Crippen LogP contribution is 2.26. The van der Waals surface area contributed by atoms with Gasteiger partial charge in [-0.3, -0.25) is 4.79 Å².